The van der Waals surface area contributed by atoms with E-state index in [4.69, 9.17) is 4.52 Å². The Bertz CT molecular complexity index is 770. The van der Waals surface area contributed by atoms with E-state index in [2.05, 4.69) is 15.5 Å². The van der Waals surface area contributed by atoms with Gasteiger partial charge in [0.15, 0.2) is 0 Å². The summed E-state index contributed by atoms with van der Waals surface area (Å²) in [6.45, 7) is 0.592. The highest BCUT2D eigenvalue weighted by atomic mass is 16.5. The van der Waals surface area contributed by atoms with E-state index in [1.54, 1.807) is 0 Å². The third-order valence-electron chi connectivity index (χ3n) is 3.60. The van der Waals surface area contributed by atoms with Gasteiger partial charge in [-0.25, -0.2) is 0 Å². The molecule has 3 aromatic rings. The lowest BCUT2D eigenvalue weighted by atomic mass is 10.1. The van der Waals surface area contributed by atoms with E-state index >= 15 is 0 Å². The summed E-state index contributed by atoms with van der Waals surface area (Å²) in [5.74, 6) is 1.21. The third kappa shape index (κ3) is 4.52. The van der Waals surface area contributed by atoms with E-state index in [0.29, 0.717) is 31.1 Å². The third-order valence-corrected chi connectivity index (χ3v) is 3.60. The van der Waals surface area contributed by atoms with Crippen molar-refractivity contribution >= 4 is 5.91 Å². The molecule has 0 spiro atoms. The molecule has 1 aromatic heterocycles. The number of nitrogens with zero attached hydrogens (tertiary/aromatic N) is 2. The van der Waals surface area contributed by atoms with Crippen LogP contribution in [0, 0.1) is 0 Å². The van der Waals surface area contributed by atoms with E-state index in [-0.39, 0.29) is 5.91 Å². The van der Waals surface area contributed by atoms with Crippen molar-refractivity contribution in [2.75, 3.05) is 6.54 Å². The zero-order chi connectivity index (χ0) is 16.6. The first kappa shape index (κ1) is 15.9. The van der Waals surface area contributed by atoms with Gasteiger partial charge in [-0.15, -0.1) is 0 Å². The summed E-state index contributed by atoms with van der Waals surface area (Å²) in [5.41, 5.74) is 1.95. The highest BCUT2D eigenvalue weighted by Crippen LogP contribution is 2.15. The van der Waals surface area contributed by atoms with Crippen molar-refractivity contribution in [1.82, 2.24) is 15.5 Å². The first-order valence-electron chi connectivity index (χ1n) is 8.00. The molecule has 0 atom stereocenters. The van der Waals surface area contributed by atoms with Crippen molar-refractivity contribution in [3.63, 3.8) is 0 Å². The molecule has 5 nitrogen and oxygen atoms in total. The van der Waals surface area contributed by atoms with Crippen molar-refractivity contribution in [2.24, 2.45) is 0 Å². The topological polar surface area (TPSA) is 68.0 Å². The van der Waals surface area contributed by atoms with Crippen LogP contribution in [0.15, 0.2) is 65.2 Å². The average molecular weight is 321 g/mol. The number of rotatable bonds is 7. The van der Waals surface area contributed by atoms with Crippen molar-refractivity contribution in [3.8, 4) is 11.4 Å². The van der Waals surface area contributed by atoms with E-state index < -0.39 is 0 Å². The number of amides is 1. The Morgan fingerprint density at radius 1 is 1.00 bits per heavy atom. The fourth-order valence-corrected chi connectivity index (χ4v) is 2.37. The molecule has 1 heterocycles. The Labute approximate surface area is 140 Å². The normalized spacial score (nSPS) is 10.5. The number of benzene rings is 2. The number of aromatic nitrogens is 2. The Kier molecular flexibility index (Phi) is 5.35. The minimum atomic E-state index is 0.0247. The van der Waals surface area contributed by atoms with Crippen LogP contribution >= 0.6 is 0 Å². The first-order valence-corrected chi connectivity index (χ1v) is 8.00. The van der Waals surface area contributed by atoms with Crippen molar-refractivity contribution in [3.05, 3.63) is 72.1 Å². The second kappa shape index (κ2) is 8.06. The molecule has 0 bridgehead atoms. The molecular formula is C19H19N3O2. The molecule has 0 radical (unpaired) electrons. The first-order chi connectivity index (χ1) is 11.8. The molecule has 0 fully saturated rings. The molecule has 1 amide bonds. The van der Waals surface area contributed by atoms with E-state index in [1.165, 1.54) is 0 Å². The number of carbonyl (C=O) groups excluding carboxylic acids is 1. The Balaban J connectivity index is 1.41. The van der Waals surface area contributed by atoms with Crippen LogP contribution in [-0.4, -0.2) is 22.6 Å². The summed E-state index contributed by atoms with van der Waals surface area (Å²) in [4.78, 5) is 16.2. The van der Waals surface area contributed by atoms with Crippen LogP contribution in [0.1, 0.15) is 17.9 Å². The van der Waals surface area contributed by atoms with Crippen LogP contribution in [0.3, 0.4) is 0 Å². The molecule has 0 aliphatic heterocycles. The molecule has 0 unspecified atom stereocenters. The lowest BCUT2D eigenvalue weighted by molar-refractivity contribution is -0.120. The van der Waals surface area contributed by atoms with E-state index in [9.17, 15) is 4.79 Å². The van der Waals surface area contributed by atoms with Crippen LogP contribution in [0.2, 0.25) is 0 Å². The number of hydrogen-bond donors (Lipinski definition) is 1. The highest BCUT2D eigenvalue weighted by Gasteiger charge is 2.08. The van der Waals surface area contributed by atoms with Crippen LogP contribution < -0.4 is 5.32 Å². The highest BCUT2D eigenvalue weighted by molar-refractivity contribution is 5.78. The van der Waals surface area contributed by atoms with Gasteiger partial charge in [-0.1, -0.05) is 65.8 Å². The van der Waals surface area contributed by atoms with Gasteiger partial charge in [0.25, 0.3) is 0 Å². The summed E-state index contributed by atoms with van der Waals surface area (Å²) in [6, 6.07) is 19.4. The second-order valence-electron chi connectivity index (χ2n) is 5.49. The van der Waals surface area contributed by atoms with Gasteiger partial charge in [-0.2, -0.15) is 4.98 Å². The Morgan fingerprint density at radius 3 is 2.46 bits per heavy atom. The fourth-order valence-electron chi connectivity index (χ4n) is 2.37. The van der Waals surface area contributed by atoms with E-state index in [0.717, 1.165) is 17.5 Å². The van der Waals surface area contributed by atoms with Gasteiger partial charge in [-0.05, 0) is 12.0 Å². The summed E-state index contributed by atoms with van der Waals surface area (Å²) in [6.07, 6.45) is 1.81. The quantitative estimate of drug-likeness (QED) is 0.679. The molecule has 0 aliphatic carbocycles. The van der Waals surface area contributed by atoms with Crippen molar-refractivity contribution in [1.29, 1.82) is 0 Å². The van der Waals surface area contributed by atoms with Gasteiger partial charge in [-0.3, -0.25) is 4.79 Å². The zero-order valence-electron chi connectivity index (χ0n) is 13.3. The summed E-state index contributed by atoms with van der Waals surface area (Å²) in [5, 5.41) is 6.89. The Hall–Kier alpha value is -2.95. The van der Waals surface area contributed by atoms with Crippen LogP contribution in [0.5, 0.6) is 0 Å². The average Bonchev–Trinajstić information content (AvgIpc) is 3.09. The van der Waals surface area contributed by atoms with Crippen LogP contribution in [-0.2, 0) is 17.6 Å². The van der Waals surface area contributed by atoms with Crippen molar-refractivity contribution < 1.29 is 9.32 Å². The predicted molar refractivity (Wildman–Crippen MR) is 91.2 cm³/mol. The molecule has 24 heavy (non-hydrogen) atoms. The van der Waals surface area contributed by atoms with Gasteiger partial charge in [0.2, 0.25) is 17.6 Å². The summed E-state index contributed by atoms with van der Waals surface area (Å²) < 4.78 is 5.25. The molecule has 3 rings (SSSR count). The Morgan fingerprint density at radius 2 is 1.71 bits per heavy atom. The van der Waals surface area contributed by atoms with Crippen LogP contribution in [0.25, 0.3) is 11.4 Å². The summed E-state index contributed by atoms with van der Waals surface area (Å²) in [7, 11) is 0. The monoisotopic (exact) mass is 321 g/mol. The molecule has 5 heteroatoms. The van der Waals surface area contributed by atoms with Crippen LogP contribution in [0.4, 0.5) is 0 Å². The van der Waals surface area contributed by atoms with Gasteiger partial charge in [0.1, 0.15) is 0 Å². The van der Waals surface area contributed by atoms with Gasteiger partial charge < -0.3 is 9.84 Å². The second-order valence-corrected chi connectivity index (χ2v) is 5.49. The number of aryl methyl sites for hydroxylation is 1. The molecule has 122 valence electrons. The maximum absolute atomic E-state index is 11.9. The standard InChI is InChI=1S/C19H19N3O2/c23-17(14-15-8-3-1-4-9-15)20-13-7-12-18-21-19(22-24-18)16-10-5-2-6-11-16/h1-6,8-11H,7,12-14H2,(H,20,23). The lowest BCUT2D eigenvalue weighted by Gasteiger charge is -2.04. The fraction of sp³-hybridized carbons (Fsp3) is 0.211. The number of nitrogens with one attached hydrogen (secondary N) is 1. The number of carbonyl (C=O) groups is 1. The molecule has 0 aliphatic rings. The number of hydrogen-bond acceptors (Lipinski definition) is 4. The lowest BCUT2D eigenvalue weighted by Crippen LogP contribution is -2.26. The SMILES string of the molecule is O=C(Cc1ccccc1)NCCCc1nc(-c2ccccc2)no1. The van der Waals surface area contributed by atoms with E-state index in [1.807, 2.05) is 60.7 Å². The molecule has 1 N–H and O–H groups in total. The zero-order valence-corrected chi connectivity index (χ0v) is 13.3. The smallest absolute Gasteiger partial charge is 0.227 e. The molecular weight excluding hydrogens is 302 g/mol. The molecule has 2 aromatic carbocycles. The van der Waals surface area contributed by atoms with Gasteiger partial charge in [0.05, 0.1) is 6.42 Å². The maximum Gasteiger partial charge on any atom is 0.227 e. The molecule has 0 saturated heterocycles. The molecule has 0 saturated carbocycles. The summed E-state index contributed by atoms with van der Waals surface area (Å²) >= 11 is 0. The van der Waals surface area contributed by atoms with Crippen molar-refractivity contribution in [2.45, 2.75) is 19.3 Å². The minimum Gasteiger partial charge on any atom is -0.356 e. The maximum atomic E-state index is 11.9. The minimum absolute atomic E-state index is 0.0247. The van der Waals surface area contributed by atoms with Gasteiger partial charge in [0, 0.05) is 18.5 Å². The largest absolute Gasteiger partial charge is 0.356 e. The predicted octanol–water partition coefficient (Wildman–Crippen LogP) is 3.03. The van der Waals surface area contributed by atoms with Gasteiger partial charge >= 0.3 is 0 Å².